The molecule has 0 aliphatic rings. The summed E-state index contributed by atoms with van der Waals surface area (Å²) in [6.07, 6.45) is 1.15. The van der Waals surface area contributed by atoms with Crippen LogP contribution in [0.3, 0.4) is 0 Å². The van der Waals surface area contributed by atoms with E-state index in [0.717, 1.165) is 6.26 Å². The first-order valence-corrected chi connectivity index (χ1v) is 8.52. The van der Waals surface area contributed by atoms with Crippen molar-refractivity contribution in [2.24, 2.45) is 0 Å². The summed E-state index contributed by atoms with van der Waals surface area (Å²) < 4.78 is 32.9. The molecular formula is C13H18Cl2O4S. The van der Waals surface area contributed by atoms with E-state index in [1.165, 1.54) is 14.2 Å². The predicted molar refractivity (Wildman–Crippen MR) is 82.1 cm³/mol. The highest BCUT2D eigenvalue weighted by Crippen LogP contribution is 2.44. The summed E-state index contributed by atoms with van der Waals surface area (Å²) in [7, 11) is -0.385. The monoisotopic (exact) mass is 340 g/mol. The fourth-order valence-corrected chi connectivity index (χ4v) is 3.11. The number of hydrogen-bond acceptors (Lipinski definition) is 4. The number of halogens is 2. The van der Waals surface area contributed by atoms with E-state index < -0.39 is 20.0 Å². The SMILES string of the molecule is COc1cc(Cl)c(C(Cl)C(C)(C)S(C)(=O)=O)cc1OC. The summed E-state index contributed by atoms with van der Waals surface area (Å²) in [4.78, 5) is 0. The first-order valence-electron chi connectivity index (χ1n) is 5.81. The molecule has 0 N–H and O–H groups in total. The van der Waals surface area contributed by atoms with Gasteiger partial charge in [0.25, 0.3) is 0 Å². The molecule has 1 unspecified atom stereocenters. The van der Waals surface area contributed by atoms with Gasteiger partial charge < -0.3 is 9.47 Å². The number of sulfone groups is 1. The molecule has 114 valence electrons. The Balaban J connectivity index is 3.41. The fourth-order valence-electron chi connectivity index (χ4n) is 1.63. The smallest absolute Gasteiger partial charge is 0.162 e. The van der Waals surface area contributed by atoms with E-state index in [1.54, 1.807) is 26.0 Å². The molecule has 0 aromatic heterocycles. The molecule has 0 aliphatic heterocycles. The summed E-state index contributed by atoms with van der Waals surface area (Å²) in [6.45, 7) is 3.13. The van der Waals surface area contributed by atoms with Gasteiger partial charge in [0.2, 0.25) is 0 Å². The van der Waals surface area contributed by atoms with Crippen molar-refractivity contribution in [3.63, 3.8) is 0 Å². The largest absolute Gasteiger partial charge is 0.493 e. The zero-order chi connectivity index (χ0) is 15.7. The highest BCUT2D eigenvalue weighted by molar-refractivity contribution is 7.92. The van der Waals surface area contributed by atoms with E-state index in [1.807, 2.05) is 0 Å². The normalized spacial score (nSPS) is 13.9. The number of methoxy groups -OCH3 is 2. The molecule has 0 amide bonds. The van der Waals surface area contributed by atoms with Crippen molar-refractivity contribution in [1.29, 1.82) is 0 Å². The Bertz CT molecular complexity index is 597. The van der Waals surface area contributed by atoms with Crippen molar-refractivity contribution >= 4 is 33.0 Å². The average molecular weight is 341 g/mol. The minimum absolute atomic E-state index is 0.333. The van der Waals surface area contributed by atoms with Gasteiger partial charge in [-0.1, -0.05) is 11.6 Å². The summed E-state index contributed by atoms with van der Waals surface area (Å²) in [5.74, 6) is 0.907. The van der Waals surface area contributed by atoms with Crippen LogP contribution in [0.2, 0.25) is 5.02 Å². The Morgan fingerprint density at radius 2 is 1.60 bits per heavy atom. The first kappa shape index (κ1) is 17.4. The average Bonchev–Trinajstić information content (AvgIpc) is 2.36. The van der Waals surface area contributed by atoms with Gasteiger partial charge in [-0.2, -0.15) is 0 Å². The Morgan fingerprint density at radius 1 is 1.15 bits per heavy atom. The number of ether oxygens (including phenoxy) is 2. The minimum Gasteiger partial charge on any atom is -0.493 e. The van der Waals surface area contributed by atoms with Crippen LogP contribution < -0.4 is 9.47 Å². The highest BCUT2D eigenvalue weighted by Gasteiger charge is 2.40. The van der Waals surface area contributed by atoms with E-state index in [2.05, 4.69) is 0 Å². The van der Waals surface area contributed by atoms with Gasteiger partial charge in [-0.25, -0.2) is 8.42 Å². The van der Waals surface area contributed by atoms with Gasteiger partial charge >= 0.3 is 0 Å². The molecule has 0 bridgehead atoms. The first-order chi connectivity index (χ1) is 9.06. The van der Waals surface area contributed by atoms with Crippen LogP contribution in [-0.2, 0) is 9.84 Å². The molecule has 1 atom stereocenters. The summed E-state index contributed by atoms with van der Waals surface area (Å²) in [6, 6.07) is 3.16. The van der Waals surface area contributed by atoms with Crippen molar-refractivity contribution in [2.45, 2.75) is 24.0 Å². The van der Waals surface area contributed by atoms with Gasteiger partial charge in [-0.3, -0.25) is 0 Å². The second kappa shape index (κ2) is 6.00. The lowest BCUT2D eigenvalue weighted by molar-refractivity contribution is 0.354. The third-order valence-electron chi connectivity index (χ3n) is 3.34. The van der Waals surface area contributed by atoms with E-state index in [-0.39, 0.29) is 0 Å². The van der Waals surface area contributed by atoms with E-state index >= 15 is 0 Å². The second-order valence-corrected chi connectivity index (χ2v) is 8.41. The van der Waals surface area contributed by atoms with E-state index in [9.17, 15) is 8.42 Å². The molecular weight excluding hydrogens is 323 g/mol. The summed E-state index contributed by atoms with van der Waals surface area (Å²) in [5, 5.41) is -0.482. The molecule has 0 heterocycles. The van der Waals surface area contributed by atoms with Crippen LogP contribution in [0, 0.1) is 0 Å². The Hall–Kier alpha value is -0.650. The molecule has 0 spiro atoms. The lowest BCUT2D eigenvalue weighted by Gasteiger charge is -2.29. The van der Waals surface area contributed by atoms with Crippen LogP contribution in [0.1, 0.15) is 24.8 Å². The quantitative estimate of drug-likeness (QED) is 0.770. The lowest BCUT2D eigenvalue weighted by Crippen LogP contribution is -2.35. The molecule has 1 aromatic rings. The molecule has 7 heteroatoms. The zero-order valence-electron chi connectivity index (χ0n) is 12.0. The number of benzene rings is 1. The van der Waals surface area contributed by atoms with Crippen LogP contribution in [0.5, 0.6) is 11.5 Å². The second-order valence-electron chi connectivity index (χ2n) is 4.97. The lowest BCUT2D eigenvalue weighted by atomic mass is 10.0. The molecule has 0 fully saturated rings. The third kappa shape index (κ3) is 3.15. The van der Waals surface area contributed by atoms with Gasteiger partial charge in [0.15, 0.2) is 21.3 Å². The molecule has 0 aliphatic carbocycles. The van der Waals surface area contributed by atoms with Crippen molar-refractivity contribution in [2.75, 3.05) is 20.5 Å². The van der Waals surface area contributed by atoms with Crippen molar-refractivity contribution in [3.05, 3.63) is 22.7 Å². The summed E-state index contributed by atoms with van der Waals surface area (Å²) in [5.41, 5.74) is 0.487. The summed E-state index contributed by atoms with van der Waals surface area (Å²) >= 11 is 12.5. The Morgan fingerprint density at radius 3 is 2.00 bits per heavy atom. The van der Waals surface area contributed by atoms with Crippen molar-refractivity contribution in [3.8, 4) is 11.5 Å². The molecule has 20 heavy (non-hydrogen) atoms. The zero-order valence-corrected chi connectivity index (χ0v) is 14.4. The Kier molecular flexibility index (Phi) is 5.22. The fraction of sp³-hybridized carbons (Fsp3) is 0.538. The predicted octanol–water partition coefficient (Wildman–Crippen LogP) is 3.46. The van der Waals surface area contributed by atoms with E-state index in [4.69, 9.17) is 32.7 Å². The van der Waals surface area contributed by atoms with Crippen LogP contribution >= 0.6 is 23.2 Å². The standard InChI is InChI=1S/C13H18Cl2O4S/c1-13(2,20(5,16)17)12(15)8-6-10(18-3)11(19-4)7-9(8)14/h6-7,12H,1-5H3. The van der Waals surface area contributed by atoms with Gasteiger partial charge in [0, 0.05) is 17.3 Å². The van der Waals surface area contributed by atoms with Crippen LogP contribution in [0.25, 0.3) is 0 Å². The number of rotatable bonds is 5. The van der Waals surface area contributed by atoms with Gasteiger partial charge in [-0.05, 0) is 25.5 Å². The topological polar surface area (TPSA) is 52.6 Å². The minimum atomic E-state index is -3.36. The Labute approximate surface area is 129 Å². The van der Waals surface area contributed by atoms with E-state index in [0.29, 0.717) is 22.1 Å². The van der Waals surface area contributed by atoms with Crippen LogP contribution in [0.15, 0.2) is 12.1 Å². The molecule has 4 nitrogen and oxygen atoms in total. The third-order valence-corrected chi connectivity index (χ3v) is 6.73. The van der Waals surface area contributed by atoms with Crippen molar-refractivity contribution < 1.29 is 17.9 Å². The molecule has 1 rings (SSSR count). The maximum Gasteiger partial charge on any atom is 0.162 e. The number of hydrogen-bond donors (Lipinski definition) is 0. The van der Waals surface area contributed by atoms with Crippen LogP contribution in [-0.4, -0.2) is 33.6 Å². The molecule has 0 saturated heterocycles. The van der Waals surface area contributed by atoms with Crippen molar-refractivity contribution in [1.82, 2.24) is 0 Å². The van der Waals surface area contributed by atoms with Gasteiger partial charge in [0.05, 0.1) is 24.3 Å². The molecule has 1 aromatic carbocycles. The molecule has 0 radical (unpaired) electrons. The van der Waals surface area contributed by atoms with Gasteiger partial charge in [0.1, 0.15) is 0 Å². The maximum atomic E-state index is 11.9. The number of alkyl halides is 1. The maximum absolute atomic E-state index is 11.9. The molecule has 0 saturated carbocycles. The highest BCUT2D eigenvalue weighted by atomic mass is 35.5. The van der Waals surface area contributed by atoms with Crippen LogP contribution in [0.4, 0.5) is 0 Å². The van der Waals surface area contributed by atoms with Gasteiger partial charge in [-0.15, -0.1) is 11.6 Å².